The fourth-order valence-corrected chi connectivity index (χ4v) is 2.23. The Kier molecular flexibility index (Phi) is 4.77. The molecule has 20 heavy (non-hydrogen) atoms. The van der Waals surface area contributed by atoms with Gasteiger partial charge in [-0.1, -0.05) is 31.9 Å². The molecule has 0 radical (unpaired) electrons. The molecule has 2 rings (SSSR count). The Morgan fingerprint density at radius 1 is 1.10 bits per heavy atom. The summed E-state index contributed by atoms with van der Waals surface area (Å²) in [4.78, 5) is 11.6. The van der Waals surface area contributed by atoms with E-state index in [0.717, 1.165) is 4.47 Å². The fraction of sp³-hybridized carbons (Fsp3) is 0.0714. The number of methoxy groups -OCH3 is 1. The van der Waals surface area contributed by atoms with Gasteiger partial charge in [0.1, 0.15) is 22.9 Å². The van der Waals surface area contributed by atoms with Crippen LogP contribution in [0.2, 0.25) is 0 Å². The van der Waals surface area contributed by atoms with Crippen LogP contribution in [0, 0.1) is 5.82 Å². The number of hydrogen-bond donors (Lipinski definition) is 0. The standard InChI is InChI=1S/C14H9Br2FO3/c1-19-14(18)13-11(17)6-9(16)7-12(13)20-10-4-2-8(15)3-5-10/h2-7H,1H3. The van der Waals surface area contributed by atoms with E-state index in [1.807, 2.05) is 0 Å². The van der Waals surface area contributed by atoms with Gasteiger partial charge in [0.2, 0.25) is 0 Å². The average molecular weight is 404 g/mol. The minimum absolute atomic E-state index is 0.0889. The van der Waals surface area contributed by atoms with Crippen LogP contribution in [0.5, 0.6) is 11.5 Å². The van der Waals surface area contributed by atoms with Gasteiger partial charge in [0, 0.05) is 8.95 Å². The summed E-state index contributed by atoms with van der Waals surface area (Å²) in [5.41, 5.74) is -0.237. The average Bonchev–Trinajstić information content (AvgIpc) is 2.40. The van der Waals surface area contributed by atoms with Crippen LogP contribution in [-0.4, -0.2) is 13.1 Å². The zero-order valence-electron chi connectivity index (χ0n) is 10.3. The molecule has 6 heteroatoms. The Balaban J connectivity index is 2.44. The van der Waals surface area contributed by atoms with Gasteiger partial charge in [0.15, 0.2) is 0 Å². The van der Waals surface area contributed by atoms with E-state index in [0.29, 0.717) is 10.2 Å². The summed E-state index contributed by atoms with van der Waals surface area (Å²) < 4.78 is 25.4. The van der Waals surface area contributed by atoms with Crippen molar-refractivity contribution in [2.75, 3.05) is 7.11 Å². The van der Waals surface area contributed by atoms with Gasteiger partial charge in [0.05, 0.1) is 7.11 Å². The van der Waals surface area contributed by atoms with Crippen molar-refractivity contribution in [2.24, 2.45) is 0 Å². The molecule has 104 valence electrons. The number of ether oxygens (including phenoxy) is 2. The molecule has 3 nitrogen and oxygen atoms in total. The van der Waals surface area contributed by atoms with E-state index in [1.165, 1.54) is 19.2 Å². The highest BCUT2D eigenvalue weighted by molar-refractivity contribution is 9.10. The number of carbonyl (C=O) groups is 1. The molecule has 0 heterocycles. The molecular weight excluding hydrogens is 395 g/mol. The minimum Gasteiger partial charge on any atom is -0.465 e. The number of hydrogen-bond acceptors (Lipinski definition) is 3. The van der Waals surface area contributed by atoms with Crippen molar-refractivity contribution < 1.29 is 18.7 Å². The van der Waals surface area contributed by atoms with E-state index in [9.17, 15) is 9.18 Å². The lowest BCUT2D eigenvalue weighted by Gasteiger charge is -2.11. The molecule has 0 aliphatic heterocycles. The quantitative estimate of drug-likeness (QED) is 0.681. The Bertz CT molecular complexity index is 642. The molecule has 0 spiro atoms. The van der Waals surface area contributed by atoms with E-state index in [-0.39, 0.29) is 11.3 Å². The van der Waals surface area contributed by atoms with Crippen molar-refractivity contribution in [3.05, 3.63) is 56.7 Å². The van der Waals surface area contributed by atoms with Gasteiger partial charge in [-0.25, -0.2) is 9.18 Å². The van der Waals surface area contributed by atoms with Gasteiger partial charge in [-0.15, -0.1) is 0 Å². The highest BCUT2D eigenvalue weighted by Crippen LogP contribution is 2.31. The van der Waals surface area contributed by atoms with Crippen molar-refractivity contribution in [1.29, 1.82) is 0 Å². The van der Waals surface area contributed by atoms with Gasteiger partial charge in [-0.2, -0.15) is 0 Å². The van der Waals surface area contributed by atoms with Gasteiger partial charge >= 0.3 is 5.97 Å². The summed E-state index contributed by atoms with van der Waals surface area (Å²) in [7, 11) is 1.19. The number of carbonyl (C=O) groups excluding carboxylic acids is 1. The number of halogens is 3. The van der Waals surface area contributed by atoms with E-state index in [2.05, 4.69) is 36.6 Å². The highest BCUT2D eigenvalue weighted by Gasteiger charge is 2.20. The zero-order chi connectivity index (χ0) is 14.7. The lowest BCUT2D eigenvalue weighted by molar-refractivity contribution is 0.0592. The first-order chi connectivity index (χ1) is 9.51. The SMILES string of the molecule is COC(=O)c1c(F)cc(Br)cc1Oc1ccc(Br)cc1. The van der Waals surface area contributed by atoms with Crippen LogP contribution in [0.3, 0.4) is 0 Å². The summed E-state index contributed by atoms with van der Waals surface area (Å²) >= 11 is 6.47. The molecule has 0 saturated heterocycles. The molecule has 0 N–H and O–H groups in total. The lowest BCUT2D eigenvalue weighted by atomic mass is 10.2. The number of esters is 1. The summed E-state index contributed by atoms with van der Waals surface area (Å²) in [5.74, 6) is -0.928. The van der Waals surface area contributed by atoms with Crippen LogP contribution in [0.25, 0.3) is 0 Å². The second-order valence-electron chi connectivity index (χ2n) is 3.81. The van der Waals surface area contributed by atoms with Crippen LogP contribution < -0.4 is 4.74 Å². The predicted molar refractivity (Wildman–Crippen MR) is 79.7 cm³/mol. The van der Waals surface area contributed by atoms with Crippen molar-refractivity contribution in [1.82, 2.24) is 0 Å². The van der Waals surface area contributed by atoms with Gasteiger partial charge in [0.25, 0.3) is 0 Å². The predicted octanol–water partition coefficient (Wildman–Crippen LogP) is 4.93. The third kappa shape index (κ3) is 3.37. The summed E-state index contributed by atoms with van der Waals surface area (Å²) in [6, 6.07) is 9.65. The first-order valence-corrected chi connectivity index (χ1v) is 7.10. The Hall–Kier alpha value is -1.40. The Morgan fingerprint density at radius 2 is 1.75 bits per heavy atom. The molecule has 0 atom stereocenters. The molecular formula is C14H9Br2FO3. The molecule has 0 amide bonds. The molecule has 0 aromatic heterocycles. The molecule has 0 aliphatic rings. The van der Waals surface area contributed by atoms with Crippen molar-refractivity contribution >= 4 is 37.8 Å². The topological polar surface area (TPSA) is 35.5 Å². The third-order valence-corrected chi connectivity index (χ3v) is 3.44. The molecule has 0 bridgehead atoms. The summed E-state index contributed by atoms with van der Waals surface area (Å²) in [5, 5.41) is 0. The molecule has 0 saturated carbocycles. The molecule has 2 aromatic rings. The van der Waals surface area contributed by atoms with Crippen molar-refractivity contribution in [2.45, 2.75) is 0 Å². The Labute approximate surface area is 132 Å². The monoisotopic (exact) mass is 402 g/mol. The number of benzene rings is 2. The van der Waals surface area contributed by atoms with E-state index < -0.39 is 11.8 Å². The van der Waals surface area contributed by atoms with Gasteiger partial charge in [-0.3, -0.25) is 0 Å². The second-order valence-corrected chi connectivity index (χ2v) is 5.64. The van der Waals surface area contributed by atoms with E-state index >= 15 is 0 Å². The van der Waals surface area contributed by atoms with Gasteiger partial charge in [-0.05, 0) is 36.4 Å². The summed E-state index contributed by atoms with van der Waals surface area (Å²) in [6.45, 7) is 0. The molecule has 0 fully saturated rings. The largest absolute Gasteiger partial charge is 0.465 e. The lowest BCUT2D eigenvalue weighted by Crippen LogP contribution is -2.07. The highest BCUT2D eigenvalue weighted by atomic mass is 79.9. The molecule has 0 unspecified atom stereocenters. The van der Waals surface area contributed by atoms with E-state index in [1.54, 1.807) is 24.3 Å². The maximum atomic E-state index is 13.9. The van der Waals surface area contributed by atoms with Crippen LogP contribution in [0.1, 0.15) is 10.4 Å². The smallest absolute Gasteiger partial charge is 0.344 e. The first-order valence-electron chi connectivity index (χ1n) is 5.52. The third-order valence-electron chi connectivity index (χ3n) is 2.45. The van der Waals surface area contributed by atoms with Crippen molar-refractivity contribution in [3.8, 4) is 11.5 Å². The van der Waals surface area contributed by atoms with Gasteiger partial charge < -0.3 is 9.47 Å². The Morgan fingerprint density at radius 3 is 2.35 bits per heavy atom. The number of rotatable bonds is 3. The normalized spacial score (nSPS) is 10.2. The fourth-order valence-electron chi connectivity index (χ4n) is 1.56. The minimum atomic E-state index is -0.790. The molecule has 0 aliphatic carbocycles. The zero-order valence-corrected chi connectivity index (χ0v) is 13.5. The van der Waals surface area contributed by atoms with Crippen LogP contribution >= 0.6 is 31.9 Å². The maximum Gasteiger partial charge on any atom is 0.344 e. The van der Waals surface area contributed by atoms with E-state index in [4.69, 9.17) is 4.74 Å². The summed E-state index contributed by atoms with van der Waals surface area (Å²) in [6.07, 6.45) is 0. The second kappa shape index (κ2) is 6.37. The first kappa shape index (κ1) is 15.0. The van der Waals surface area contributed by atoms with Crippen LogP contribution in [-0.2, 0) is 4.74 Å². The molecule has 2 aromatic carbocycles. The van der Waals surface area contributed by atoms with Crippen molar-refractivity contribution in [3.63, 3.8) is 0 Å². The van der Waals surface area contributed by atoms with Crippen LogP contribution in [0.15, 0.2) is 45.3 Å². The van der Waals surface area contributed by atoms with Crippen LogP contribution in [0.4, 0.5) is 4.39 Å². The maximum absolute atomic E-state index is 13.9.